The van der Waals surface area contributed by atoms with E-state index in [2.05, 4.69) is 52.9 Å². The van der Waals surface area contributed by atoms with Gasteiger partial charge in [0, 0.05) is 0 Å². The molecule has 0 saturated carbocycles. The van der Waals surface area contributed by atoms with Crippen LogP contribution in [0, 0.1) is 11.8 Å². The molecule has 30 heavy (non-hydrogen) atoms. The van der Waals surface area contributed by atoms with Crippen LogP contribution in [0.15, 0.2) is 45.6 Å². The van der Waals surface area contributed by atoms with Gasteiger partial charge < -0.3 is 0 Å². The summed E-state index contributed by atoms with van der Waals surface area (Å²) >= 11 is -4.31. The minimum atomic E-state index is -4.31. The molecule has 0 aromatic carbocycles. The van der Waals surface area contributed by atoms with Crippen LogP contribution in [0.1, 0.15) is 79.1 Å². The van der Waals surface area contributed by atoms with Gasteiger partial charge in [-0.1, -0.05) is 0 Å². The number of rotatable bonds is 5. The maximum absolute atomic E-state index is 8.35. The Morgan fingerprint density at radius 1 is 0.733 bits per heavy atom. The normalized spacial score (nSPS) is 28.7. The van der Waals surface area contributed by atoms with Gasteiger partial charge in [0.05, 0.1) is 0 Å². The molecule has 4 aliphatic carbocycles. The van der Waals surface area contributed by atoms with Crippen LogP contribution < -0.4 is 0 Å². The molecule has 0 spiro atoms. The van der Waals surface area contributed by atoms with Crippen molar-refractivity contribution < 1.29 is 15.6 Å². The molecule has 4 rings (SSSR count). The first-order chi connectivity index (χ1) is 14.1. The Balaban J connectivity index is 1.95. The Morgan fingerprint density at radius 2 is 1.10 bits per heavy atom. The van der Waals surface area contributed by atoms with Crippen molar-refractivity contribution in [1.29, 1.82) is 0 Å². The summed E-state index contributed by atoms with van der Waals surface area (Å²) in [4.78, 5) is 0. The number of halogens is 2. The Kier molecular flexibility index (Phi) is 6.70. The van der Waals surface area contributed by atoms with Crippen molar-refractivity contribution in [3.05, 3.63) is 45.6 Å². The van der Waals surface area contributed by atoms with E-state index >= 15 is 0 Å². The molecular formula is C26H41Cl2SiZr. The van der Waals surface area contributed by atoms with Crippen molar-refractivity contribution in [3.8, 4) is 0 Å². The van der Waals surface area contributed by atoms with Gasteiger partial charge in [-0.3, -0.25) is 0 Å². The van der Waals surface area contributed by atoms with E-state index in [1.54, 1.807) is 33.4 Å². The van der Waals surface area contributed by atoms with Crippen LogP contribution in [-0.2, 0) is 15.6 Å². The van der Waals surface area contributed by atoms with Gasteiger partial charge in [0.25, 0.3) is 0 Å². The Hall–Kier alpha value is 0.640. The summed E-state index contributed by atoms with van der Waals surface area (Å²) in [6, 6.07) is 0. The summed E-state index contributed by atoms with van der Waals surface area (Å²) < 4.78 is 0.801. The second kappa shape index (κ2) is 8.45. The summed E-state index contributed by atoms with van der Waals surface area (Å²) in [5, 5.41) is 0. The van der Waals surface area contributed by atoms with Crippen molar-refractivity contribution in [2.75, 3.05) is 0 Å². The molecule has 0 heterocycles. The molecule has 4 aliphatic rings. The van der Waals surface area contributed by atoms with E-state index in [9.17, 15) is 0 Å². The van der Waals surface area contributed by atoms with E-state index in [1.807, 2.05) is 0 Å². The molecule has 167 valence electrons. The summed E-state index contributed by atoms with van der Waals surface area (Å²) in [6.45, 7) is 14.5. The molecule has 0 fully saturated rings. The van der Waals surface area contributed by atoms with Gasteiger partial charge in [-0.05, 0) is 0 Å². The third-order valence-corrected chi connectivity index (χ3v) is 60.5. The first kappa shape index (κ1) is 23.8. The number of hydrogen-bond acceptors (Lipinski definition) is 0. The third-order valence-electron chi connectivity index (χ3n) is 8.69. The quantitative estimate of drug-likeness (QED) is 0.303. The van der Waals surface area contributed by atoms with Crippen molar-refractivity contribution in [2.45, 2.75) is 99.4 Å². The van der Waals surface area contributed by atoms with Gasteiger partial charge in [-0.15, -0.1) is 0 Å². The summed E-state index contributed by atoms with van der Waals surface area (Å²) in [7, 11) is 16.7. The van der Waals surface area contributed by atoms with Crippen LogP contribution in [0.5, 0.6) is 0 Å². The van der Waals surface area contributed by atoms with Crippen molar-refractivity contribution in [2.24, 2.45) is 11.8 Å². The summed E-state index contributed by atoms with van der Waals surface area (Å²) in [6.07, 6.45) is 15.4. The Labute approximate surface area is 194 Å². The summed E-state index contributed by atoms with van der Waals surface area (Å²) in [5.41, 5.74) is 9.83. The second-order valence-corrected chi connectivity index (χ2v) is 53.9. The molecule has 2 atom stereocenters. The van der Waals surface area contributed by atoms with E-state index in [4.69, 9.17) is 17.0 Å². The molecule has 0 nitrogen and oxygen atoms in total. The van der Waals surface area contributed by atoms with Gasteiger partial charge >= 0.3 is 195 Å². The fraction of sp³-hybridized carbons (Fsp3) is 0.692. The van der Waals surface area contributed by atoms with Crippen LogP contribution in [-0.4, -0.2) is 5.92 Å². The Bertz CT molecular complexity index is 792. The van der Waals surface area contributed by atoms with E-state index in [1.165, 1.54) is 51.4 Å². The zero-order chi connectivity index (χ0) is 21.9. The molecule has 4 heteroatoms. The first-order valence-electron chi connectivity index (χ1n) is 12.5. The topological polar surface area (TPSA) is 0 Å². The van der Waals surface area contributed by atoms with Crippen LogP contribution in [0.25, 0.3) is 0 Å². The summed E-state index contributed by atoms with van der Waals surface area (Å²) in [5.74, 6) is -0.257. The Morgan fingerprint density at radius 3 is 1.43 bits per heavy atom. The monoisotopic (exact) mass is 541 g/mol. The molecule has 0 radical (unpaired) electrons. The number of allylic oxidation sites excluding steroid dienone is 8. The maximum atomic E-state index is 8.35. The van der Waals surface area contributed by atoms with E-state index in [0.717, 1.165) is 0 Å². The third kappa shape index (κ3) is 3.54. The van der Waals surface area contributed by atoms with Crippen molar-refractivity contribution >= 4 is 22.9 Å². The minimum absolute atomic E-state index is 0.401. The van der Waals surface area contributed by atoms with Crippen LogP contribution in [0.2, 0.25) is 20.3 Å². The average molecular weight is 544 g/mol. The van der Waals surface area contributed by atoms with Gasteiger partial charge in [-0.2, -0.15) is 0 Å². The van der Waals surface area contributed by atoms with Crippen LogP contribution >= 0.6 is 17.0 Å². The van der Waals surface area contributed by atoms with Crippen molar-refractivity contribution in [3.63, 3.8) is 0 Å². The molecule has 0 amide bonds. The van der Waals surface area contributed by atoms with E-state index in [-0.39, 0.29) is 0 Å². The molecular weight excluding hydrogens is 503 g/mol. The average Bonchev–Trinajstić information content (AvgIpc) is 3.28. The molecule has 0 N–H and O–H groups in total. The molecule has 0 aromatic heterocycles. The van der Waals surface area contributed by atoms with Crippen LogP contribution in [0.4, 0.5) is 0 Å². The number of hydrogen-bond donors (Lipinski definition) is 0. The SMILES string of the molecule is CC(C)C1=CC2=C(CCCC2)[CH]1[Zr]([Cl])([Cl])([CH]1C(C(C)C)=CC2=C1CCCC2)[SiH](C)C. The second-order valence-electron chi connectivity index (χ2n) is 11.4. The molecule has 0 bridgehead atoms. The van der Waals surface area contributed by atoms with Gasteiger partial charge in [0.15, 0.2) is 0 Å². The van der Waals surface area contributed by atoms with E-state index < -0.39 is 21.5 Å². The molecule has 2 unspecified atom stereocenters. The predicted octanol–water partition coefficient (Wildman–Crippen LogP) is 9.48. The van der Waals surface area contributed by atoms with Gasteiger partial charge in [0.2, 0.25) is 0 Å². The standard InChI is InChI=1S/2C12H17.C2H7Si.2ClH.Zr/c2*1-9(2)12-7-10-5-3-4-6-11(10)8-12;1-3-2;;;/h2*7-9H,3-6H2,1-2H3;3H,1-2H3;2*1H;/q;;;;;+2/p-2. The first-order valence-corrected chi connectivity index (χ1v) is 28.8. The molecule has 0 aromatic rings. The van der Waals surface area contributed by atoms with Gasteiger partial charge in [-0.25, -0.2) is 0 Å². The fourth-order valence-electron chi connectivity index (χ4n) is 7.00. The molecule has 0 aliphatic heterocycles. The zero-order valence-electron chi connectivity index (χ0n) is 20.0. The van der Waals surface area contributed by atoms with Crippen LogP contribution in [0.3, 0.4) is 0 Å². The predicted molar refractivity (Wildman–Crippen MR) is 135 cm³/mol. The fourth-order valence-corrected chi connectivity index (χ4v) is 39.8. The molecule has 0 saturated heterocycles. The van der Waals surface area contributed by atoms with Gasteiger partial charge in [0.1, 0.15) is 0 Å². The zero-order valence-corrected chi connectivity index (χ0v) is 25.1. The van der Waals surface area contributed by atoms with Crippen molar-refractivity contribution in [1.82, 2.24) is 0 Å². The van der Waals surface area contributed by atoms with E-state index in [0.29, 0.717) is 19.1 Å².